The van der Waals surface area contributed by atoms with Crippen LogP contribution in [0.4, 0.5) is 10.8 Å². The normalized spacial score (nSPS) is 17.0. The van der Waals surface area contributed by atoms with Crippen molar-refractivity contribution >= 4 is 34.0 Å². The molecule has 0 saturated carbocycles. The van der Waals surface area contributed by atoms with Crippen molar-refractivity contribution in [1.82, 2.24) is 9.88 Å². The van der Waals surface area contributed by atoms with Crippen molar-refractivity contribution in [3.63, 3.8) is 0 Å². The number of amides is 2. The summed E-state index contributed by atoms with van der Waals surface area (Å²) in [6.45, 7) is 4.33. The molecule has 0 spiro atoms. The van der Waals surface area contributed by atoms with Crippen LogP contribution in [0.5, 0.6) is 0 Å². The second-order valence-corrected chi connectivity index (χ2v) is 7.25. The Balaban J connectivity index is 1.58. The molecule has 1 N–H and O–H groups in total. The van der Waals surface area contributed by atoms with E-state index in [2.05, 4.69) is 15.2 Å². The summed E-state index contributed by atoms with van der Waals surface area (Å²) in [6, 6.07) is 9.94. The second-order valence-electron chi connectivity index (χ2n) is 6.36. The molecule has 1 aliphatic rings. The molecule has 1 fully saturated rings. The van der Waals surface area contributed by atoms with Crippen LogP contribution < -0.4 is 10.2 Å². The van der Waals surface area contributed by atoms with E-state index in [0.29, 0.717) is 24.8 Å². The lowest BCUT2D eigenvalue weighted by Gasteiger charge is -2.34. The minimum absolute atomic E-state index is 0.0483. The van der Waals surface area contributed by atoms with Crippen LogP contribution in [-0.2, 0) is 9.59 Å². The third-order valence-electron chi connectivity index (χ3n) is 4.64. The molecule has 1 atom stereocenters. The molecule has 3 rings (SSSR count). The second kappa shape index (κ2) is 8.80. The van der Waals surface area contributed by atoms with Gasteiger partial charge in [-0.2, -0.15) is 0 Å². The number of nitrogens with one attached hydrogen (secondary N) is 1. The molecule has 6 nitrogen and oxygen atoms in total. The molecule has 2 aromatic rings. The number of nitrogens with zero attached hydrogens (tertiary/aromatic N) is 3. The number of likely N-dealkylation sites (N-methyl/N-ethyl adjacent to an activating group) is 1. The molecule has 7 heteroatoms. The van der Waals surface area contributed by atoms with Crippen LogP contribution in [0.1, 0.15) is 19.8 Å². The van der Waals surface area contributed by atoms with Crippen LogP contribution in [0.3, 0.4) is 0 Å². The number of likely N-dealkylation sites (tertiary alicyclic amines) is 1. The fourth-order valence-corrected chi connectivity index (χ4v) is 3.73. The van der Waals surface area contributed by atoms with Crippen molar-refractivity contribution in [2.24, 2.45) is 5.92 Å². The van der Waals surface area contributed by atoms with E-state index in [1.165, 1.54) is 11.3 Å². The van der Waals surface area contributed by atoms with E-state index in [9.17, 15) is 9.59 Å². The largest absolute Gasteiger partial charge is 0.362 e. The highest BCUT2D eigenvalue weighted by Crippen LogP contribution is 2.21. The topological polar surface area (TPSA) is 65.5 Å². The molecular weight excluding hydrogens is 348 g/mol. The number of rotatable bonds is 6. The monoisotopic (exact) mass is 372 g/mol. The lowest BCUT2D eigenvalue weighted by Crippen LogP contribution is -2.47. The van der Waals surface area contributed by atoms with Crippen molar-refractivity contribution < 1.29 is 9.59 Å². The molecule has 1 aliphatic heterocycles. The number of carbonyl (C=O) groups excluding carboxylic acids is 2. The van der Waals surface area contributed by atoms with E-state index >= 15 is 0 Å². The van der Waals surface area contributed by atoms with Gasteiger partial charge >= 0.3 is 0 Å². The fourth-order valence-electron chi connectivity index (χ4n) is 3.20. The van der Waals surface area contributed by atoms with E-state index in [1.807, 2.05) is 47.5 Å². The molecule has 0 aliphatic carbocycles. The van der Waals surface area contributed by atoms with E-state index < -0.39 is 0 Å². The molecule has 1 saturated heterocycles. The van der Waals surface area contributed by atoms with Crippen molar-refractivity contribution in [2.45, 2.75) is 19.8 Å². The lowest BCUT2D eigenvalue weighted by atomic mass is 9.97. The van der Waals surface area contributed by atoms with Crippen LogP contribution >= 0.6 is 11.3 Å². The van der Waals surface area contributed by atoms with Gasteiger partial charge in [0.05, 0.1) is 12.5 Å². The lowest BCUT2D eigenvalue weighted by molar-refractivity contribution is -0.133. The fraction of sp³-hybridized carbons (Fsp3) is 0.421. The summed E-state index contributed by atoms with van der Waals surface area (Å²) in [5, 5.41) is 5.29. The minimum Gasteiger partial charge on any atom is -0.362 e. The molecule has 2 heterocycles. The summed E-state index contributed by atoms with van der Waals surface area (Å²) >= 11 is 1.40. The highest BCUT2D eigenvalue weighted by molar-refractivity contribution is 7.13. The van der Waals surface area contributed by atoms with E-state index in [0.717, 1.165) is 25.1 Å². The predicted molar refractivity (Wildman–Crippen MR) is 104 cm³/mol. The zero-order valence-electron chi connectivity index (χ0n) is 14.9. The van der Waals surface area contributed by atoms with E-state index in [4.69, 9.17) is 0 Å². The van der Waals surface area contributed by atoms with Crippen LogP contribution in [0.25, 0.3) is 0 Å². The Hall–Kier alpha value is -2.41. The van der Waals surface area contributed by atoms with Gasteiger partial charge < -0.3 is 15.1 Å². The van der Waals surface area contributed by atoms with Gasteiger partial charge in [0.15, 0.2) is 5.13 Å². The Morgan fingerprint density at radius 2 is 2.15 bits per heavy atom. The Morgan fingerprint density at radius 3 is 2.85 bits per heavy atom. The summed E-state index contributed by atoms with van der Waals surface area (Å²) in [7, 11) is 0. The van der Waals surface area contributed by atoms with Crippen LogP contribution in [0.15, 0.2) is 41.9 Å². The summed E-state index contributed by atoms with van der Waals surface area (Å²) in [4.78, 5) is 33.2. The van der Waals surface area contributed by atoms with Crippen LogP contribution in [0, 0.1) is 5.92 Å². The number of para-hydroxylation sites is 1. The highest BCUT2D eigenvalue weighted by Gasteiger charge is 2.29. The third kappa shape index (κ3) is 4.60. The maximum absolute atomic E-state index is 12.8. The van der Waals surface area contributed by atoms with Gasteiger partial charge in [0.1, 0.15) is 0 Å². The maximum atomic E-state index is 12.8. The molecule has 1 unspecified atom stereocenters. The quantitative estimate of drug-likeness (QED) is 0.847. The van der Waals surface area contributed by atoms with Gasteiger partial charge in [-0.25, -0.2) is 4.98 Å². The van der Waals surface area contributed by atoms with Gasteiger partial charge in [0.25, 0.3) is 0 Å². The van der Waals surface area contributed by atoms with Gasteiger partial charge in [-0.3, -0.25) is 9.59 Å². The molecule has 0 radical (unpaired) electrons. The van der Waals surface area contributed by atoms with Crippen molar-refractivity contribution in [1.29, 1.82) is 0 Å². The number of anilines is 2. The first-order valence-electron chi connectivity index (χ1n) is 8.95. The van der Waals surface area contributed by atoms with E-state index in [-0.39, 0.29) is 17.7 Å². The first kappa shape index (κ1) is 18.4. The number of hydrogen-bond donors (Lipinski definition) is 1. The number of hydrogen-bond acceptors (Lipinski definition) is 5. The highest BCUT2D eigenvalue weighted by atomic mass is 32.1. The molecule has 0 bridgehead atoms. The summed E-state index contributed by atoms with van der Waals surface area (Å²) < 4.78 is 0. The molecule has 2 amide bonds. The smallest absolute Gasteiger partial charge is 0.242 e. The summed E-state index contributed by atoms with van der Waals surface area (Å²) in [6.07, 6.45) is 3.32. The van der Waals surface area contributed by atoms with Crippen molar-refractivity contribution in [3.8, 4) is 0 Å². The first-order chi connectivity index (χ1) is 12.7. The number of aromatic nitrogens is 1. The number of piperidine rings is 1. The molecule has 26 heavy (non-hydrogen) atoms. The Morgan fingerprint density at radius 1 is 1.35 bits per heavy atom. The van der Waals surface area contributed by atoms with Crippen molar-refractivity contribution in [3.05, 3.63) is 41.9 Å². The number of carbonyl (C=O) groups is 2. The van der Waals surface area contributed by atoms with Crippen molar-refractivity contribution in [2.75, 3.05) is 36.4 Å². The molecule has 138 valence electrons. The standard InChI is InChI=1S/C19H24N4O2S/c1-2-22(16-8-4-3-5-9-16)14-17(24)23-11-6-7-15(13-23)18(25)21-19-20-10-12-26-19/h3-5,8-10,12,15H,2,6-7,11,13-14H2,1H3,(H,20,21,25). The van der Waals surface area contributed by atoms with Crippen LogP contribution in [0.2, 0.25) is 0 Å². The Kier molecular flexibility index (Phi) is 6.22. The first-order valence-corrected chi connectivity index (χ1v) is 9.83. The van der Waals surface area contributed by atoms with Gasteiger partial charge in [0, 0.05) is 36.9 Å². The average molecular weight is 372 g/mol. The molecular formula is C19H24N4O2S. The predicted octanol–water partition coefficient (Wildman–Crippen LogP) is 2.85. The van der Waals surface area contributed by atoms with Gasteiger partial charge in [-0.1, -0.05) is 18.2 Å². The van der Waals surface area contributed by atoms with Gasteiger partial charge in [-0.05, 0) is 31.9 Å². The van der Waals surface area contributed by atoms with Crippen LogP contribution in [-0.4, -0.2) is 47.9 Å². The SMILES string of the molecule is CCN(CC(=O)N1CCCC(C(=O)Nc2nccs2)C1)c1ccccc1. The summed E-state index contributed by atoms with van der Waals surface area (Å²) in [5.41, 5.74) is 1.04. The minimum atomic E-state index is -0.177. The molecule has 1 aromatic heterocycles. The van der Waals surface area contributed by atoms with Gasteiger partial charge in [-0.15, -0.1) is 11.3 Å². The number of benzene rings is 1. The Bertz CT molecular complexity index is 720. The van der Waals surface area contributed by atoms with Gasteiger partial charge in [0.2, 0.25) is 11.8 Å². The Labute approximate surface area is 157 Å². The summed E-state index contributed by atoms with van der Waals surface area (Å²) in [5.74, 6) is -0.154. The number of thiazole rings is 1. The zero-order chi connectivity index (χ0) is 18.4. The third-order valence-corrected chi connectivity index (χ3v) is 5.33. The van der Waals surface area contributed by atoms with E-state index in [1.54, 1.807) is 6.20 Å². The average Bonchev–Trinajstić information content (AvgIpc) is 3.19. The zero-order valence-corrected chi connectivity index (χ0v) is 15.7. The maximum Gasteiger partial charge on any atom is 0.242 e. The molecule has 1 aromatic carbocycles.